The molecule has 0 saturated carbocycles. The maximum Gasteiger partial charge on any atom is 0.335 e. The number of benzene rings is 3. The van der Waals surface area contributed by atoms with Gasteiger partial charge in [0, 0.05) is 12.5 Å². The van der Waals surface area contributed by atoms with Crippen LogP contribution in [0.3, 0.4) is 0 Å². The molecule has 4 heteroatoms. The molecule has 1 atom stereocenters. The molecule has 0 fully saturated rings. The lowest BCUT2D eigenvalue weighted by Gasteiger charge is -2.16. The quantitative estimate of drug-likeness (QED) is 0.614. The monoisotopic (exact) mass is 362 g/mol. The van der Waals surface area contributed by atoms with Crippen molar-refractivity contribution in [1.82, 2.24) is 0 Å². The van der Waals surface area contributed by atoms with E-state index in [1.54, 1.807) is 6.07 Å². The highest BCUT2D eigenvalue weighted by Crippen LogP contribution is 2.25. The summed E-state index contributed by atoms with van der Waals surface area (Å²) in [5.41, 5.74) is 2.32. The Morgan fingerprint density at radius 1 is 0.889 bits per heavy atom. The van der Waals surface area contributed by atoms with Gasteiger partial charge in [-0.1, -0.05) is 60.7 Å². The number of hydrogen-bond acceptors (Lipinski definition) is 3. The van der Waals surface area contributed by atoms with E-state index in [1.165, 1.54) is 17.7 Å². The van der Waals surface area contributed by atoms with Gasteiger partial charge in [0.15, 0.2) is 0 Å². The first-order chi connectivity index (χ1) is 13.1. The second kappa shape index (κ2) is 8.90. The smallest absolute Gasteiger partial charge is 0.335 e. The number of carbonyl (C=O) groups is 1. The molecule has 0 aliphatic rings. The Kier molecular flexibility index (Phi) is 6.10. The molecule has 4 nitrogen and oxygen atoms in total. The van der Waals surface area contributed by atoms with Crippen LogP contribution >= 0.6 is 0 Å². The first kappa shape index (κ1) is 18.5. The molecule has 138 valence electrons. The summed E-state index contributed by atoms with van der Waals surface area (Å²) in [7, 11) is 0. The van der Waals surface area contributed by atoms with Crippen molar-refractivity contribution in [2.45, 2.75) is 26.1 Å². The number of carboxylic acids is 1. The fourth-order valence-electron chi connectivity index (χ4n) is 2.81. The minimum Gasteiger partial charge on any atom is -0.490 e. The van der Waals surface area contributed by atoms with Crippen molar-refractivity contribution in [1.29, 1.82) is 0 Å². The molecule has 0 aliphatic carbocycles. The van der Waals surface area contributed by atoms with Crippen LogP contribution in [-0.4, -0.2) is 17.2 Å². The van der Waals surface area contributed by atoms with E-state index in [9.17, 15) is 9.90 Å². The molecule has 3 aromatic rings. The highest BCUT2D eigenvalue weighted by atomic mass is 16.5. The molecule has 1 N–H and O–H groups in total. The minimum atomic E-state index is -1.01. The molecular weight excluding hydrogens is 340 g/mol. The molecule has 3 aromatic carbocycles. The molecule has 1 unspecified atom stereocenters. The third-order valence-electron chi connectivity index (χ3n) is 4.08. The number of aromatic carboxylic acids is 1. The van der Waals surface area contributed by atoms with Gasteiger partial charge in [0.25, 0.3) is 0 Å². The maximum absolute atomic E-state index is 11.4. The van der Waals surface area contributed by atoms with Gasteiger partial charge >= 0.3 is 5.97 Å². The SMILES string of the molecule is CC(Cc1ccccc1)Oc1cc(OCc2ccccc2)cc(C(=O)O)c1. The third kappa shape index (κ3) is 5.61. The van der Waals surface area contributed by atoms with Gasteiger partial charge in [-0.15, -0.1) is 0 Å². The molecule has 0 aromatic heterocycles. The largest absolute Gasteiger partial charge is 0.490 e. The zero-order chi connectivity index (χ0) is 19.1. The Labute approximate surface area is 159 Å². The second-order valence-corrected chi connectivity index (χ2v) is 6.39. The summed E-state index contributed by atoms with van der Waals surface area (Å²) >= 11 is 0. The molecular formula is C23H22O4. The summed E-state index contributed by atoms with van der Waals surface area (Å²) in [4.78, 5) is 11.4. The zero-order valence-electron chi connectivity index (χ0n) is 15.2. The van der Waals surface area contributed by atoms with E-state index in [0.29, 0.717) is 18.1 Å². The van der Waals surface area contributed by atoms with Crippen LogP contribution in [0, 0.1) is 0 Å². The number of hydrogen-bond donors (Lipinski definition) is 1. The van der Waals surface area contributed by atoms with Crippen LogP contribution in [0.25, 0.3) is 0 Å². The Morgan fingerprint density at radius 2 is 1.48 bits per heavy atom. The Bertz CT molecular complexity index is 875. The summed E-state index contributed by atoms with van der Waals surface area (Å²) in [6.45, 7) is 2.33. The van der Waals surface area contributed by atoms with E-state index in [-0.39, 0.29) is 11.7 Å². The van der Waals surface area contributed by atoms with Crippen molar-refractivity contribution < 1.29 is 19.4 Å². The maximum atomic E-state index is 11.4. The summed E-state index contributed by atoms with van der Waals surface area (Å²) < 4.78 is 11.7. The van der Waals surface area contributed by atoms with Crippen molar-refractivity contribution in [3.8, 4) is 11.5 Å². The van der Waals surface area contributed by atoms with Gasteiger partial charge in [-0.3, -0.25) is 0 Å². The van der Waals surface area contributed by atoms with Crippen molar-refractivity contribution in [2.24, 2.45) is 0 Å². The van der Waals surface area contributed by atoms with Gasteiger partial charge in [-0.2, -0.15) is 0 Å². The number of carboxylic acid groups (broad SMARTS) is 1. The highest BCUT2D eigenvalue weighted by Gasteiger charge is 2.12. The minimum absolute atomic E-state index is 0.0987. The van der Waals surface area contributed by atoms with Crippen LogP contribution in [0.4, 0.5) is 0 Å². The van der Waals surface area contributed by atoms with E-state index in [2.05, 4.69) is 0 Å². The first-order valence-electron chi connectivity index (χ1n) is 8.86. The lowest BCUT2D eigenvalue weighted by molar-refractivity contribution is 0.0695. The lowest BCUT2D eigenvalue weighted by atomic mass is 10.1. The van der Waals surface area contributed by atoms with Gasteiger partial charge in [0.05, 0.1) is 11.7 Å². The van der Waals surface area contributed by atoms with Crippen molar-refractivity contribution in [3.63, 3.8) is 0 Å². The third-order valence-corrected chi connectivity index (χ3v) is 4.08. The van der Waals surface area contributed by atoms with E-state index in [4.69, 9.17) is 9.47 Å². The molecule has 0 saturated heterocycles. The van der Waals surface area contributed by atoms with Crippen LogP contribution in [0.5, 0.6) is 11.5 Å². The fourth-order valence-corrected chi connectivity index (χ4v) is 2.81. The average molecular weight is 362 g/mol. The summed E-state index contributed by atoms with van der Waals surface area (Å²) in [5, 5.41) is 9.38. The van der Waals surface area contributed by atoms with Crippen molar-refractivity contribution in [3.05, 3.63) is 95.6 Å². The number of rotatable bonds is 8. The second-order valence-electron chi connectivity index (χ2n) is 6.39. The summed E-state index contributed by atoms with van der Waals surface area (Å²) in [5.74, 6) is -0.0530. The van der Waals surface area contributed by atoms with E-state index < -0.39 is 5.97 Å². The molecule has 0 bridgehead atoms. The van der Waals surface area contributed by atoms with E-state index in [1.807, 2.05) is 67.6 Å². The highest BCUT2D eigenvalue weighted by molar-refractivity contribution is 5.88. The van der Waals surface area contributed by atoms with Crippen molar-refractivity contribution in [2.75, 3.05) is 0 Å². The van der Waals surface area contributed by atoms with Crippen molar-refractivity contribution >= 4 is 5.97 Å². The average Bonchev–Trinajstić information content (AvgIpc) is 2.67. The standard InChI is InChI=1S/C23H22O4/c1-17(12-18-8-4-2-5-9-18)27-22-14-20(23(24)25)13-21(15-22)26-16-19-10-6-3-7-11-19/h2-11,13-15,17H,12,16H2,1H3,(H,24,25). The zero-order valence-corrected chi connectivity index (χ0v) is 15.2. The Morgan fingerprint density at radius 3 is 2.11 bits per heavy atom. The van der Waals surface area contributed by atoms with Crippen LogP contribution in [0.2, 0.25) is 0 Å². The molecule has 0 radical (unpaired) electrons. The summed E-state index contributed by atoms with van der Waals surface area (Å²) in [6.07, 6.45) is 0.636. The molecule has 27 heavy (non-hydrogen) atoms. The predicted octanol–water partition coefficient (Wildman–Crippen LogP) is 4.97. The van der Waals surface area contributed by atoms with Gasteiger partial charge in [0.1, 0.15) is 18.1 Å². The Balaban J connectivity index is 1.71. The molecule has 0 amide bonds. The number of ether oxygens (including phenoxy) is 2. The lowest BCUT2D eigenvalue weighted by Crippen LogP contribution is -2.15. The van der Waals surface area contributed by atoms with Gasteiger partial charge in [0.2, 0.25) is 0 Å². The van der Waals surface area contributed by atoms with Crippen LogP contribution < -0.4 is 9.47 Å². The molecule has 0 heterocycles. The van der Waals surface area contributed by atoms with Crippen LogP contribution in [0.1, 0.15) is 28.4 Å². The van der Waals surface area contributed by atoms with Gasteiger partial charge < -0.3 is 14.6 Å². The molecule has 0 spiro atoms. The summed E-state index contributed by atoms with van der Waals surface area (Å²) in [6, 6.07) is 24.5. The van der Waals surface area contributed by atoms with E-state index in [0.717, 1.165) is 12.0 Å². The van der Waals surface area contributed by atoms with E-state index >= 15 is 0 Å². The topological polar surface area (TPSA) is 55.8 Å². The molecule has 0 aliphatic heterocycles. The normalized spacial score (nSPS) is 11.6. The first-order valence-corrected chi connectivity index (χ1v) is 8.86. The van der Waals surface area contributed by atoms with Gasteiger partial charge in [-0.05, 0) is 30.2 Å². The van der Waals surface area contributed by atoms with Crippen LogP contribution in [0.15, 0.2) is 78.9 Å². The predicted molar refractivity (Wildman–Crippen MR) is 104 cm³/mol. The Hall–Kier alpha value is -3.27. The molecule has 3 rings (SSSR count). The van der Waals surface area contributed by atoms with Crippen LogP contribution in [-0.2, 0) is 13.0 Å². The fraction of sp³-hybridized carbons (Fsp3) is 0.174. The van der Waals surface area contributed by atoms with Gasteiger partial charge in [-0.25, -0.2) is 4.79 Å².